The van der Waals surface area contributed by atoms with Gasteiger partial charge in [-0.15, -0.1) is 0 Å². The molecule has 7 nitrogen and oxygen atoms in total. The number of hydrogen-bond acceptors (Lipinski definition) is 5. The lowest BCUT2D eigenvalue weighted by Gasteiger charge is -2.11. The lowest BCUT2D eigenvalue weighted by atomic mass is 10.1. The molecule has 1 aliphatic rings. The third-order valence-electron chi connectivity index (χ3n) is 4.47. The maximum absolute atomic E-state index is 12.4. The second-order valence-corrected chi connectivity index (χ2v) is 7.43. The molecular formula is C20H20N4O3S. The van der Waals surface area contributed by atoms with Gasteiger partial charge in [-0.05, 0) is 24.1 Å². The zero-order valence-corrected chi connectivity index (χ0v) is 16.0. The van der Waals surface area contributed by atoms with E-state index in [1.807, 2.05) is 30.3 Å². The summed E-state index contributed by atoms with van der Waals surface area (Å²) in [6, 6.07) is 13.3. The maximum atomic E-state index is 12.4. The van der Waals surface area contributed by atoms with Gasteiger partial charge in [0.25, 0.3) is 5.91 Å². The molecule has 0 atom stereocenters. The molecule has 2 aromatic heterocycles. The highest BCUT2D eigenvalue weighted by Gasteiger charge is 2.25. The number of amides is 2. The molecule has 1 aromatic carbocycles. The van der Waals surface area contributed by atoms with E-state index in [1.54, 1.807) is 28.6 Å². The van der Waals surface area contributed by atoms with Crippen molar-refractivity contribution in [3.63, 3.8) is 0 Å². The third-order valence-corrected chi connectivity index (χ3v) is 5.44. The number of rotatable bonds is 7. The van der Waals surface area contributed by atoms with Crippen LogP contribution in [0, 0.1) is 0 Å². The fourth-order valence-electron chi connectivity index (χ4n) is 3.08. The van der Waals surface area contributed by atoms with E-state index in [9.17, 15) is 9.59 Å². The molecule has 1 aliphatic heterocycles. The van der Waals surface area contributed by atoms with Gasteiger partial charge in [-0.25, -0.2) is 4.68 Å². The predicted molar refractivity (Wildman–Crippen MR) is 107 cm³/mol. The van der Waals surface area contributed by atoms with Crippen molar-refractivity contribution in [1.29, 1.82) is 0 Å². The Morgan fingerprint density at radius 3 is 2.79 bits per heavy atom. The summed E-state index contributed by atoms with van der Waals surface area (Å²) < 4.78 is 6.73. The van der Waals surface area contributed by atoms with Crippen molar-refractivity contribution in [2.45, 2.75) is 24.5 Å². The monoisotopic (exact) mass is 396 g/mol. The first-order valence-electron chi connectivity index (χ1n) is 9.02. The number of thioether (sulfide) groups is 1. The average molecular weight is 396 g/mol. The Balaban J connectivity index is 1.41. The lowest BCUT2D eigenvalue weighted by molar-refractivity contribution is -0.121. The maximum Gasteiger partial charge on any atom is 0.292 e. The van der Waals surface area contributed by atoms with Crippen LogP contribution >= 0.6 is 11.8 Å². The van der Waals surface area contributed by atoms with Gasteiger partial charge in [-0.3, -0.25) is 9.59 Å². The largest absolute Gasteiger partial charge is 0.459 e. The predicted octanol–water partition coefficient (Wildman–Crippen LogP) is 2.83. The van der Waals surface area contributed by atoms with Crippen LogP contribution in [0.2, 0.25) is 0 Å². The molecule has 0 saturated carbocycles. The van der Waals surface area contributed by atoms with Crippen molar-refractivity contribution in [1.82, 2.24) is 15.1 Å². The number of hydrogen-bond donors (Lipinski definition) is 2. The quantitative estimate of drug-likeness (QED) is 0.641. The summed E-state index contributed by atoms with van der Waals surface area (Å²) in [5.74, 6) is 1.84. The number of anilines is 1. The van der Waals surface area contributed by atoms with E-state index in [-0.39, 0.29) is 24.1 Å². The van der Waals surface area contributed by atoms with Gasteiger partial charge in [0.1, 0.15) is 12.4 Å². The summed E-state index contributed by atoms with van der Waals surface area (Å²) in [6.07, 6.45) is 2.22. The highest BCUT2D eigenvalue weighted by atomic mass is 32.2. The van der Waals surface area contributed by atoms with Gasteiger partial charge in [0.2, 0.25) is 5.91 Å². The van der Waals surface area contributed by atoms with Crippen LogP contribution in [-0.2, 0) is 29.3 Å². The Morgan fingerprint density at radius 2 is 2.00 bits per heavy atom. The highest BCUT2D eigenvalue weighted by Crippen LogP contribution is 2.34. The number of carbonyl (C=O) groups excluding carboxylic acids is 2. The van der Waals surface area contributed by atoms with Gasteiger partial charge in [0, 0.05) is 23.6 Å². The van der Waals surface area contributed by atoms with Crippen LogP contribution < -0.4 is 10.6 Å². The van der Waals surface area contributed by atoms with Gasteiger partial charge in [-0.2, -0.15) is 16.9 Å². The SMILES string of the molecule is O=C(Cn1nc2c(c1NC(=O)c1ccco1)CSC2)NCCc1ccccc1. The zero-order valence-electron chi connectivity index (χ0n) is 15.2. The number of carbonyl (C=O) groups is 2. The molecule has 2 N–H and O–H groups in total. The van der Waals surface area contributed by atoms with Gasteiger partial charge in [0.15, 0.2) is 5.76 Å². The summed E-state index contributed by atoms with van der Waals surface area (Å²) >= 11 is 1.74. The molecule has 3 heterocycles. The van der Waals surface area contributed by atoms with Gasteiger partial charge in [0.05, 0.1) is 12.0 Å². The van der Waals surface area contributed by atoms with Crippen LogP contribution in [-0.4, -0.2) is 28.1 Å². The van der Waals surface area contributed by atoms with Crippen molar-refractivity contribution in [3.05, 3.63) is 71.3 Å². The van der Waals surface area contributed by atoms with E-state index >= 15 is 0 Å². The molecule has 28 heavy (non-hydrogen) atoms. The van der Waals surface area contributed by atoms with Crippen LogP contribution in [0.15, 0.2) is 53.1 Å². The standard InChI is InChI=1S/C20H20N4O3S/c25-18(21-9-8-14-5-2-1-3-6-14)11-24-19(15-12-28-13-16(15)23-24)22-20(26)17-7-4-10-27-17/h1-7,10H,8-9,11-13H2,(H,21,25)(H,22,26). The minimum atomic E-state index is -0.352. The number of fused-ring (bicyclic) bond motifs is 1. The Bertz CT molecular complexity index is 967. The summed E-state index contributed by atoms with van der Waals surface area (Å²) in [4.78, 5) is 24.8. The first kappa shape index (κ1) is 18.4. The van der Waals surface area contributed by atoms with Gasteiger partial charge in [-0.1, -0.05) is 30.3 Å². The topological polar surface area (TPSA) is 89.2 Å². The van der Waals surface area contributed by atoms with Crippen molar-refractivity contribution in [2.75, 3.05) is 11.9 Å². The van der Waals surface area contributed by atoms with Crippen LogP contribution in [0.4, 0.5) is 5.82 Å². The van der Waals surface area contributed by atoms with Crippen molar-refractivity contribution >= 4 is 29.4 Å². The molecule has 0 bridgehead atoms. The van der Waals surface area contributed by atoms with Crippen molar-refractivity contribution in [2.24, 2.45) is 0 Å². The second kappa shape index (κ2) is 8.35. The fraction of sp³-hybridized carbons (Fsp3) is 0.250. The van der Waals surface area contributed by atoms with E-state index in [4.69, 9.17) is 4.42 Å². The van der Waals surface area contributed by atoms with Crippen LogP contribution in [0.25, 0.3) is 0 Å². The van der Waals surface area contributed by atoms with Gasteiger partial charge < -0.3 is 15.1 Å². The molecule has 144 valence electrons. The molecule has 8 heteroatoms. The van der Waals surface area contributed by atoms with E-state index in [1.165, 1.54) is 11.8 Å². The second-order valence-electron chi connectivity index (χ2n) is 6.44. The molecule has 2 amide bonds. The highest BCUT2D eigenvalue weighted by molar-refractivity contribution is 7.98. The number of furan rings is 1. The zero-order chi connectivity index (χ0) is 19.3. The number of benzene rings is 1. The van der Waals surface area contributed by atoms with Crippen molar-refractivity contribution in [3.8, 4) is 0 Å². The number of nitrogens with one attached hydrogen (secondary N) is 2. The summed E-state index contributed by atoms with van der Waals surface area (Å²) in [6.45, 7) is 0.605. The third kappa shape index (κ3) is 4.12. The molecule has 4 rings (SSSR count). The smallest absolute Gasteiger partial charge is 0.292 e. The first-order chi connectivity index (χ1) is 13.7. The molecular weight excluding hydrogens is 376 g/mol. The van der Waals surface area contributed by atoms with Gasteiger partial charge >= 0.3 is 0 Å². The summed E-state index contributed by atoms with van der Waals surface area (Å²) in [5.41, 5.74) is 3.06. The number of nitrogens with zero attached hydrogens (tertiary/aromatic N) is 2. The first-order valence-corrected chi connectivity index (χ1v) is 10.2. The Labute approximate surface area is 166 Å². The summed E-state index contributed by atoms with van der Waals surface area (Å²) in [7, 11) is 0. The Kier molecular flexibility index (Phi) is 5.48. The van der Waals surface area contributed by atoms with E-state index < -0.39 is 0 Å². The molecule has 0 fully saturated rings. The average Bonchev–Trinajstić information content (AvgIpc) is 3.42. The minimum absolute atomic E-state index is 0.0558. The van der Waals surface area contributed by atoms with Crippen molar-refractivity contribution < 1.29 is 14.0 Å². The number of aromatic nitrogens is 2. The Morgan fingerprint density at radius 1 is 1.14 bits per heavy atom. The normalized spacial score (nSPS) is 12.6. The lowest BCUT2D eigenvalue weighted by Crippen LogP contribution is -2.30. The minimum Gasteiger partial charge on any atom is -0.459 e. The molecule has 0 radical (unpaired) electrons. The van der Waals surface area contributed by atoms with E-state index in [2.05, 4.69) is 15.7 Å². The van der Waals surface area contributed by atoms with Crippen LogP contribution in [0.3, 0.4) is 0 Å². The van der Waals surface area contributed by atoms with E-state index in [0.717, 1.165) is 29.2 Å². The van der Waals surface area contributed by atoms with Crippen LogP contribution in [0.1, 0.15) is 27.4 Å². The Hall–Kier alpha value is -3.00. The van der Waals surface area contributed by atoms with E-state index in [0.29, 0.717) is 12.4 Å². The molecule has 3 aromatic rings. The fourth-order valence-corrected chi connectivity index (χ4v) is 4.11. The molecule has 0 unspecified atom stereocenters. The summed E-state index contributed by atoms with van der Waals surface area (Å²) in [5, 5.41) is 10.3. The molecule has 0 aliphatic carbocycles. The molecule has 0 saturated heterocycles. The molecule has 0 spiro atoms. The van der Waals surface area contributed by atoms with Crippen LogP contribution in [0.5, 0.6) is 0 Å².